The van der Waals surface area contributed by atoms with Gasteiger partial charge in [-0.3, -0.25) is 4.79 Å². The van der Waals surface area contributed by atoms with Crippen LogP contribution in [0.15, 0.2) is 0 Å². The summed E-state index contributed by atoms with van der Waals surface area (Å²) in [7, 11) is 0. The summed E-state index contributed by atoms with van der Waals surface area (Å²) < 4.78 is 0. The van der Waals surface area contributed by atoms with Crippen LogP contribution in [-0.2, 0) is 0 Å². The fraction of sp³-hybridized carbons (Fsp3) is 0.636. The van der Waals surface area contributed by atoms with Gasteiger partial charge < -0.3 is 16.4 Å². The molecule has 4 N–H and O–H groups in total. The van der Waals surface area contributed by atoms with E-state index in [1.54, 1.807) is 11.8 Å². The molecule has 0 saturated heterocycles. The van der Waals surface area contributed by atoms with Crippen LogP contribution in [0.3, 0.4) is 0 Å². The number of thiazole rings is 1. The lowest BCUT2D eigenvalue weighted by Crippen LogP contribution is -2.34. The van der Waals surface area contributed by atoms with Crippen molar-refractivity contribution in [2.45, 2.75) is 26.3 Å². The molecular formula is C11H20N4OS2. The molecule has 102 valence electrons. The summed E-state index contributed by atoms with van der Waals surface area (Å²) >= 11 is 3.00. The number of aromatic nitrogens is 1. The van der Waals surface area contributed by atoms with Crippen LogP contribution in [0.5, 0.6) is 0 Å². The summed E-state index contributed by atoms with van der Waals surface area (Å²) in [5.74, 6) is 1.04. The van der Waals surface area contributed by atoms with Crippen molar-refractivity contribution in [3.05, 3.63) is 4.88 Å². The van der Waals surface area contributed by atoms with Crippen molar-refractivity contribution in [3.63, 3.8) is 0 Å². The van der Waals surface area contributed by atoms with Crippen LogP contribution in [0.1, 0.15) is 29.9 Å². The summed E-state index contributed by atoms with van der Waals surface area (Å²) in [4.78, 5) is 16.6. The summed E-state index contributed by atoms with van der Waals surface area (Å²) in [6, 6.07) is 0.126. The van der Waals surface area contributed by atoms with Crippen molar-refractivity contribution >= 4 is 40.0 Å². The number of rotatable bonds is 7. The quantitative estimate of drug-likeness (QED) is 0.715. The monoisotopic (exact) mass is 288 g/mol. The fourth-order valence-corrected chi connectivity index (χ4v) is 2.78. The molecule has 1 aromatic heterocycles. The molecule has 1 rings (SSSR count). The number of nitrogen functional groups attached to an aromatic ring is 1. The molecule has 1 heterocycles. The van der Waals surface area contributed by atoms with E-state index >= 15 is 0 Å². The maximum absolute atomic E-state index is 12.0. The van der Waals surface area contributed by atoms with Crippen LogP contribution in [0.25, 0.3) is 0 Å². The summed E-state index contributed by atoms with van der Waals surface area (Å²) in [5.41, 5.74) is 5.76. The largest absolute Gasteiger partial charge is 0.382 e. The minimum atomic E-state index is -0.143. The highest BCUT2D eigenvalue weighted by atomic mass is 32.2. The SMILES string of the molecule is CCCNc1nc(N)c(C(=O)NC(C)CSC)s1. The van der Waals surface area contributed by atoms with E-state index in [0.717, 1.165) is 18.7 Å². The van der Waals surface area contributed by atoms with Gasteiger partial charge in [0, 0.05) is 18.3 Å². The first-order valence-electron chi connectivity index (χ1n) is 5.88. The van der Waals surface area contributed by atoms with Gasteiger partial charge in [-0.1, -0.05) is 18.3 Å². The number of hydrogen-bond donors (Lipinski definition) is 3. The van der Waals surface area contributed by atoms with Crippen molar-refractivity contribution in [2.75, 3.05) is 29.6 Å². The molecule has 0 saturated carbocycles. The number of amides is 1. The number of hydrogen-bond acceptors (Lipinski definition) is 6. The molecule has 0 aliphatic rings. The van der Waals surface area contributed by atoms with Crippen LogP contribution in [0.2, 0.25) is 0 Å². The Morgan fingerprint density at radius 1 is 1.61 bits per heavy atom. The number of carbonyl (C=O) groups excluding carboxylic acids is 1. The number of carbonyl (C=O) groups is 1. The van der Waals surface area contributed by atoms with Crippen molar-refractivity contribution < 1.29 is 4.79 Å². The van der Waals surface area contributed by atoms with Gasteiger partial charge in [-0.05, 0) is 19.6 Å². The average Bonchev–Trinajstić information content (AvgIpc) is 2.68. The second kappa shape index (κ2) is 7.48. The summed E-state index contributed by atoms with van der Waals surface area (Å²) in [6.45, 7) is 4.88. The van der Waals surface area contributed by atoms with Gasteiger partial charge >= 0.3 is 0 Å². The highest BCUT2D eigenvalue weighted by Gasteiger charge is 2.17. The van der Waals surface area contributed by atoms with Crippen LogP contribution in [-0.4, -0.2) is 35.5 Å². The van der Waals surface area contributed by atoms with Crippen LogP contribution < -0.4 is 16.4 Å². The topological polar surface area (TPSA) is 80.0 Å². The predicted octanol–water partition coefficient (Wildman–Crippen LogP) is 2.03. The smallest absolute Gasteiger partial charge is 0.265 e. The molecule has 0 fully saturated rings. The van der Waals surface area contributed by atoms with Gasteiger partial charge in [-0.15, -0.1) is 0 Å². The van der Waals surface area contributed by atoms with E-state index in [1.807, 2.05) is 13.2 Å². The molecule has 18 heavy (non-hydrogen) atoms. The van der Waals surface area contributed by atoms with Crippen molar-refractivity contribution in [3.8, 4) is 0 Å². The lowest BCUT2D eigenvalue weighted by Gasteiger charge is -2.11. The molecule has 1 unspecified atom stereocenters. The number of nitrogens with one attached hydrogen (secondary N) is 2. The Kier molecular flexibility index (Phi) is 6.28. The molecule has 0 spiro atoms. The minimum Gasteiger partial charge on any atom is -0.382 e. The Hall–Kier alpha value is -0.950. The van der Waals surface area contributed by atoms with E-state index in [-0.39, 0.29) is 11.9 Å². The third-order valence-corrected chi connectivity index (χ3v) is 4.04. The van der Waals surface area contributed by atoms with Crippen molar-refractivity contribution in [1.29, 1.82) is 0 Å². The molecule has 0 radical (unpaired) electrons. The first-order chi connectivity index (χ1) is 8.58. The van der Waals surface area contributed by atoms with Crippen LogP contribution in [0, 0.1) is 0 Å². The average molecular weight is 288 g/mol. The lowest BCUT2D eigenvalue weighted by molar-refractivity contribution is 0.0948. The molecular weight excluding hydrogens is 268 g/mol. The van der Waals surface area contributed by atoms with E-state index in [2.05, 4.69) is 22.5 Å². The maximum atomic E-state index is 12.0. The first kappa shape index (κ1) is 15.1. The van der Waals surface area contributed by atoms with Crippen molar-refractivity contribution in [2.24, 2.45) is 0 Å². The molecule has 5 nitrogen and oxygen atoms in total. The molecule has 1 aromatic rings. The molecule has 0 aliphatic carbocycles. The van der Waals surface area contributed by atoms with Gasteiger partial charge in [-0.25, -0.2) is 4.98 Å². The number of nitrogens with zero attached hydrogens (tertiary/aromatic N) is 1. The third kappa shape index (κ3) is 4.38. The zero-order valence-corrected chi connectivity index (χ0v) is 12.6. The Morgan fingerprint density at radius 2 is 2.33 bits per heavy atom. The number of anilines is 2. The second-order valence-electron chi connectivity index (χ2n) is 3.99. The van der Waals surface area contributed by atoms with Gasteiger partial charge in [-0.2, -0.15) is 11.8 Å². The van der Waals surface area contributed by atoms with Gasteiger partial charge in [0.15, 0.2) is 5.13 Å². The first-order valence-corrected chi connectivity index (χ1v) is 8.09. The summed E-state index contributed by atoms with van der Waals surface area (Å²) in [6.07, 6.45) is 3.02. The van der Waals surface area contributed by atoms with Gasteiger partial charge in [0.2, 0.25) is 0 Å². The Balaban J connectivity index is 2.64. The molecule has 0 bridgehead atoms. The Morgan fingerprint density at radius 3 is 2.94 bits per heavy atom. The normalized spacial score (nSPS) is 12.2. The van der Waals surface area contributed by atoms with E-state index in [4.69, 9.17) is 5.73 Å². The molecule has 1 atom stereocenters. The van der Waals surface area contributed by atoms with E-state index in [9.17, 15) is 4.79 Å². The molecule has 7 heteroatoms. The maximum Gasteiger partial charge on any atom is 0.265 e. The number of nitrogens with two attached hydrogens (primary N) is 1. The molecule has 1 amide bonds. The van der Waals surface area contributed by atoms with E-state index in [0.29, 0.717) is 15.8 Å². The van der Waals surface area contributed by atoms with E-state index < -0.39 is 0 Å². The van der Waals surface area contributed by atoms with Gasteiger partial charge in [0.1, 0.15) is 10.7 Å². The van der Waals surface area contributed by atoms with E-state index in [1.165, 1.54) is 11.3 Å². The Labute approximate surface area is 116 Å². The van der Waals surface area contributed by atoms with Crippen molar-refractivity contribution in [1.82, 2.24) is 10.3 Å². The standard InChI is InChI=1S/C11H20N4OS2/c1-4-5-13-11-15-9(12)8(18-11)10(16)14-7(2)6-17-3/h7H,4-6,12H2,1-3H3,(H,13,15)(H,14,16). The predicted molar refractivity (Wildman–Crippen MR) is 80.6 cm³/mol. The minimum absolute atomic E-state index is 0.126. The number of thioether (sulfide) groups is 1. The van der Waals surface area contributed by atoms with Crippen LogP contribution in [0.4, 0.5) is 10.9 Å². The van der Waals surface area contributed by atoms with Gasteiger partial charge in [0.05, 0.1) is 0 Å². The molecule has 0 aliphatic heterocycles. The lowest BCUT2D eigenvalue weighted by atomic mass is 10.3. The second-order valence-corrected chi connectivity index (χ2v) is 5.90. The third-order valence-electron chi connectivity index (χ3n) is 2.18. The fourth-order valence-electron chi connectivity index (χ4n) is 1.38. The highest BCUT2D eigenvalue weighted by Crippen LogP contribution is 2.24. The highest BCUT2D eigenvalue weighted by molar-refractivity contribution is 7.98. The summed E-state index contributed by atoms with van der Waals surface area (Å²) in [5, 5.41) is 6.75. The Bertz CT molecular complexity index is 394. The molecule has 0 aromatic carbocycles. The zero-order valence-electron chi connectivity index (χ0n) is 10.9. The van der Waals surface area contributed by atoms with Gasteiger partial charge in [0.25, 0.3) is 5.91 Å². The zero-order chi connectivity index (χ0) is 13.5. The van der Waals surface area contributed by atoms with Crippen LogP contribution >= 0.6 is 23.1 Å².